The van der Waals surface area contributed by atoms with E-state index in [-0.39, 0.29) is 5.54 Å². The van der Waals surface area contributed by atoms with Gasteiger partial charge < -0.3 is 5.11 Å². The van der Waals surface area contributed by atoms with Gasteiger partial charge in [0.2, 0.25) is 0 Å². The second kappa shape index (κ2) is 3.58. The third-order valence-corrected chi connectivity index (χ3v) is 4.01. The Hall–Kier alpha value is -0.0800. The molecule has 1 saturated carbocycles. The Kier molecular flexibility index (Phi) is 2.61. The first-order valence-corrected chi connectivity index (χ1v) is 5.66. The molecule has 0 bridgehead atoms. The topological polar surface area (TPSA) is 23.5 Å². The van der Waals surface area contributed by atoms with Gasteiger partial charge in [0.05, 0.1) is 6.61 Å². The highest BCUT2D eigenvalue weighted by atomic mass is 16.3. The Labute approximate surface area is 80.9 Å². The third kappa shape index (κ3) is 1.50. The van der Waals surface area contributed by atoms with E-state index in [9.17, 15) is 5.11 Å². The van der Waals surface area contributed by atoms with E-state index in [1.54, 1.807) is 0 Å². The van der Waals surface area contributed by atoms with Crippen molar-refractivity contribution in [3.8, 4) is 0 Å². The van der Waals surface area contributed by atoms with Gasteiger partial charge in [0.1, 0.15) is 0 Å². The average molecular weight is 183 g/mol. The highest BCUT2D eigenvalue weighted by Gasteiger charge is 2.43. The number of rotatable bonds is 2. The van der Waals surface area contributed by atoms with Gasteiger partial charge in [-0.05, 0) is 26.2 Å². The van der Waals surface area contributed by atoms with E-state index >= 15 is 0 Å². The number of hydrogen-bond donors (Lipinski definition) is 1. The van der Waals surface area contributed by atoms with Crippen molar-refractivity contribution in [2.45, 2.75) is 57.0 Å². The van der Waals surface area contributed by atoms with Crippen molar-refractivity contribution in [2.24, 2.45) is 0 Å². The molecule has 0 amide bonds. The average Bonchev–Trinajstić information content (AvgIpc) is 2.17. The van der Waals surface area contributed by atoms with Crippen LogP contribution in [0.15, 0.2) is 0 Å². The second-order valence-electron chi connectivity index (χ2n) is 4.77. The van der Waals surface area contributed by atoms with Crippen molar-refractivity contribution >= 4 is 0 Å². The van der Waals surface area contributed by atoms with Gasteiger partial charge in [0.15, 0.2) is 0 Å². The van der Waals surface area contributed by atoms with Gasteiger partial charge in [0, 0.05) is 18.1 Å². The zero-order chi connectivity index (χ0) is 9.31. The summed E-state index contributed by atoms with van der Waals surface area (Å²) in [6, 6.07) is 0.713. The molecule has 1 saturated heterocycles. The molecule has 0 radical (unpaired) electrons. The summed E-state index contributed by atoms with van der Waals surface area (Å²) in [6.45, 7) is 3.87. The van der Waals surface area contributed by atoms with E-state index in [1.807, 2.05) is 0 Å². The summed E-state index contributed by atoms with van der Waals surface area (Å²) in [7, 11) is 0. The van der Waals surface area contributed by atoms with Gasteiger partial charge in [-0.15, -0.1) is 0 Å². The number of aliphatic hydroxyl groups excluding tert-OH is 1. The maximum absolute atomic E-state index is 9.55. The zero-order valence-corrected chi connectivity index (χ0v) is 8.63. The molecule has 2 fully saturated rings. The van der Waals surface area contributed by atoms with Crippen molar-refractivity contribution in [1.29, 1.82) is 0 Å². The highest BCUT2D eigenvalue weighted by Crippen LogP contribution is 2.38. The molecule has 0 aromatic rings. The molecular formula is C11H21NO. The summed E-state index contributed by atoms with van der Waals surface area (Å²) in [5.41, 5.74) is 0.177. The van der Waals surface area contributed by atoms with Crippen LogP contribution in [0.2, 0.25) is 0 Å². The fraction of sp³-hybridized carbons (Fsp3) is 1.00. The summed E-state index contributed by atoms with van der Waals surface area (Å²) >= 11 is 0. The summed E-state index contributed by atoms with van der Waals surface area (Å²) in [5, 5.41) is 9.55. The van der Waals surface area contributed by atoms with Crippen molar-refractivity contribution in [1.82, 2.24) is 4.90 Å². The zero-order valence-electron chi connectivity index (χ0n) is 8.63. The lowest BCUT2D eigenvalue weighted by atomic mass is 9.78. The first-order chi connectivity index (χ1) is 6.28. The van der Waals surface area contributed by atoms with Gasteiger partial charge >= 0.3 is 0 Å². The van der Waals surface area contributed by atoms with E-state index in [0.29, 0.717) is 12.6 Å². The SMILES string of the molecule is CC1CCN1C1(CO)CCCCC1. The van der Waals surface area contributed by atoms with Crippen LogP contribution in [0.1, 0.15) is 45.4 Å². The van der Waals surface area contributed by atoms with Crippen LogP contribution in [-0.2, 0) is 0 Å². The summed E-state index contributed by atoms with van der Waals surface area (Å²) in [5.74, 6) is 0. The molecule has 0 spiro atoms. The van der Waals surface area contributed by atoms with Crippen molar-refractivity contribution in [2.75, 3.05) is 13.2 Å². The minimum Gasteiger partial charge on any atom is -0.394 e. The molecule has 1 N–H and O–H groups in total. The molecule has 2 rings (SSSR count). The minimum atomic E-state index is 0.177. The Morgan fingerprint density at radius 2 is 2.00 bits per heavy atom. The molecular weight excluding hydrogens is 162 g/mol. The second-order valence-corrected chi connectivity index (χ2v) is 4.77. The molecule has 1 aliphatic carbocycles. The van der Waals surface area contributed by atoms with E-state index in [0.717, 1.165) is 0 Å². The van der Waals surface area contributed by atoms with Crippen LogP contribution < -0.4 is 0 Å². The largest absolute Gasteiger partial charge is 0.394 e. The molecule has 2 nitrogen and oxygen atoms in total. The van der Waals surface area contributed by atoms with Crippen molar-refractivity contribution < 1.29 is 5.11 Å². The van der Waals surface area contributed by atoms with Crippen LogP contribution in [0.25, 0.3) is 0 Å². The molecule has 1 atom stereocenters. The quantitative estimate of drug-likeness (QED) is 0.705. The van der Waals surface area contributed by atoms with Crippen LogP contribution in [-0.4, -0.2) is 34.7 Å². The molecule has 1 heterocycles. The lowest BCUT2D eigenvalue weighted by Crippen LogP contribution is -2.62. The van der Waals surface area contributed by atoms with Crippen LogP contribution in [0.3, 0.4) is 0 Å². The number of nitrogens with zero attached hydrogens (tertiary/aromatic N) is 1. The molecule has 2 aliphatic rings. The summed E-state index contributed by atoms with van der Waals surface area (Å²) in [6.07, 6.45) is 7.74. The van der Waals surface area contributed by atoms with Crippen molar-refractivity contribution in [3.05, 3.63) is 0 Å². The predicted octanol–water partition coefficient (Wildman–Crippen LogP) is 1.78. The van der Waals surface area contributed by atoms with Gasteiger partial charge in [-0.1, -0.05) is 19.3 Å². The van der Waals surface area contributed by atoms with Crippen LogP contribution >= 0.6 is 0 Å². The Morgan fingerprint density at radius 3 is 2.38 bits per heavy atom. The van der Waals surface area contributed by atoms with Crippen LogP contribution in [0.5, 0.6) is 0 Å². The lowest BCUT2D eigenvalue weighted by Gasteiger charge is -2.54. The minimum absolute atomic E-state index is 0.177. The fourth-order valence-electron chi connectivity index (χ4n) is 2.97. The highest BCUT2D eigenvalue weighted by molar-refractivity contribution is 4.98. The fourth-order valence-corrected chi connectivity index (χ4v) is 2.97. The summed E-state index contributed by atoms with van der Waals surface area (Å²) in [4.78, 5) is 2.53. The van der Waals surface area contributed by atoms with E-state index < -0.39 is 0 Å². The standard InChI is InChI=1S/C11H21NO/c1-10-5-8-12(10)11(9-13)6-3-2-4-7-11/h10,13H,2-9H2,1H3. The Morgan fingerprint density at radius 1 is 1.31 bits per heavy atom. The number of aliphatic hydroxyl groups is 1. The van der Waals surface area contributed by atoms with Gasteiger partial charge in [-0.25, -0.2) is 0 Å². The van der Waals surface area contributed by atoms with Gasteiger partial charge in [0.25, 0.3) is 0 Å². The monoisotopic (exact) mass is 183 g/mol. The smallest absolute Gasteiger partial charge is 0.0615 e. The normalized spacial score (nSPS) is 34.2. The first-order valence-electron chi connectivity index (χ1n) is 5.66. The first kappa shape index (κ1) is 9.47. The number of likely N-dealkylation sites (tertiary alicyclic amines) is 1. The maximum atomic E-state index is 9.55. The Bertz CT molecular complexity index is 175. The third-order valence-electron chi connectivity index (χ3n) is 4.01. The molecule has 13 heavy (non-hydrogen) atoms. The van der Waals surface area contributed by atoms with Crippen LogP contribution in [0.4, 0.5) is 0 Å². The predicted molar refractivity (Wildman–Crippen MR) is 53.7 cm³/mol. The van der Waals surface area contributed by atoms with E-state index in [1.165, 1.54) is 45.1 Å². The molecule has 2 heteroatoms. The molecule has 1 unspecified atom stereocenters. The van der Waals surface area contributed by atoms with Crippen LogP contribution in [0, 0.1) is 0 Å². The van der Waals surface area contributed by atoms with E-state index in [4.69, 9.17) is 0 Å². The summed E-state index contributed by atoms with van der Waals surface area (Å²) < 4.78 is 0. The lowest BCUT2D eigenvalue weighted by molar-refractivity contribution is -0.0702. The van der Waals surface area contributed by atoms with E-state index in [2.05, 4.69) is 11.8 Å². The van der Waals surface area contributed by atoms with Crippen molar-refractivity contribution in [3.63, 3.8) is 0 Å². The van der Waals surface area contributed by atoms with Gasteiger partial charge in [-0.3, -0.25) is 4.90 Å². The Balaban J connectivity index is 2.04. The molecule has 1 aliphatic heterocycles. The molecule has 0 aromatic heterocycles. The number of hydrogen-bond acceptors (Lipinski definition) is 2. The van der Waals surface area contributed by atoms with Gasteiger partial charge in [-0.2, -0.15) is 0 Å². The molecule has 0 aromatic carbocycles. The maximum Gasteiger partial charge on any atom is 0.0615 e. The molecule has 76 valence electrons.